The molecule has 0 amide bonds. The molecule has 0 heterocycles. The molecule has 0 aliphatic heterocycles. The summed E-state index contributed by atoms with van der Waals surface area (Å²) in [6, 6.07) is 2.53. The van der Waals surface area contributed by atoms with Crippen LogP contribution in [0.1, 0.15) is 41.6 Å². The van der Waals surface area contributed by atoms with Gasteiger partial charge in [-0.2, -0.15) is 13.2 Å². The van der Waals surface area contributed by atoms with Crippen LogP contribution in [0.25, 0.3) is 0 Å². The molecule has 1 rings (SSSR count). The Morgan fingerprint density at radius 1 is 1.14 bits per heavy atom. The van der Waals surface area contributed by atoms with E-state index in [1.165, 1.54) is 0 Å². The molecule has 1 aromatic rings. The van der Waals surface area contributed by atoms with Gasteiger partial charge in [-0.15, -0.1) is 11.6 Å². The highest BCUT2D eigenvalue weighted by atomic mass is 35.5. The first-order valence-corrected chi connectivity index (χ1v) is 7.00. The fourth-order valence-electron chi connectivity index (χ4n) is 1.70. The molecule has 0 saturated heterocycles. The molecule has 2 nitrogen and oxygen atoms in total. The van der Waals surface area contributed by atoms with E-state index in [0.717, 1.165) is 31.4 Å². The van der Waals surface area contributed by atoms with Crippen LogP contribution in [0.5, 0.6) is 0 Å². The van der Waals surface area contributed by atoms with Crippen LogP contribution in [0.4, 0.5) is 17.6 Å². The van der Waals surface area contributed by atoms with E-state index in [1.54, 1.807) is 0 Å². The van der Waals surface area contributed by atoms with Gasteiger partial charge in [-0.1, -0.05) is 18.9 Å². The zero-order chi connectivity index (χ0) is 15.9. The Labute approximate surface area is 125 Å². The molecule has 0 saturated carbocycles. The molecule has 0 radical (unpaired) electrons. The summed E-state index contributed by atoms with van der Waals surface area (Å²) in [4.78, 5) is 11.6. The van der Waals surface area contributed by atoms with Crippen molar-refractivity contribution in [2.75, 3.05) is 12.5 Å². The highest BCUT2D eigenvalue weighted by Gasteiger charge is 2.35. The van der Waals surface area contributed by atoms with Crippen molar-refractivity contribution in [1.82, 2.24) is 0 Å². The number of halogens is 5. The van der Waals surface area contributed by atoms with Crippen molar-refractivity contribution < 1.29 is 27.1 Å². The highest BCUT2D eigenvalue weighted by molar-refractivity contribution is 6.17. The van der Waals surface area contributed by atoms with Gasteiger partial charge in [0.15, 0.2) is 0 Å². The zero-order valence-corrected chi connectivity index (χ0v) is 11.9. The van der Waals surface area contributed by atoms with Gasteiger partial charge < -0.3 is 4.74 Å². The molecule has 0 bridgehead atoms. The van der Waals surface area contributed by atoms with Crippen molar-refractivity contribution in [3.8, 4) is 0 Å². The highest BCUT2D eigenvalue weighted by Crippen LogP contribution is 2.32. The lowest BCUT2D eigenvalue weighted by molar-refractivity contribution is -0.140. The van der Waals surface area contributed by atoms with Crippen LogP contribution in [0, 0.1) is 5.82 Å². The SMILES string of the molecule is O=C(OCCCCCCCl)c1cccc(C(F)(F)F)c1F. The Kier molecular flexibility index (Phi) is 6.95. The molecule has 0 aromatic heterocycles. The molecule has 0 fully saturated rings. The first-order valence-electron chi connectivity index (χ1n) is 6.46. The lowest BCUT2D eigenvalue weighted by Crippen LogP contribution is -2.14. The van der Waals surface area contributed by atoms with Gasteiger partial charge in [0.25, 0.3) is 0 Å². The number of carbonyl (C=O) groups is 1. The van der Waals surface area contributed by atoms with Crippen molar-refractivity contribution in [1.29, 1.82) is 0 Å². The minimum absolute atomic E-state index is 0.0385. The minimum atomic E-state index is -4.85. The predicted molar refractivity (Wildman–Crippen MR) is 70.9 cm³/mol. The van der Waals surface area contributed by atoms with E-state index < -0.39 is 29.1 Å². The quantitative estimate of drug-likeness (QED) is 0.311. The zero-order valence-electron chi connectivity index (χ0n) is 11.2. The van der Waals surface area contributed by atoms with Crippen LogP contribution in [-0.2, 0) is 10.9 Å². The first kappa shape index (κ1) is 17.8. The Balaban J connectivity index is 2.59. The van der Waals surface area contributed by atoms with Crippen molar-refractivity contribution in [3.05, 3.63) is 35.1 Å². The van der Waals surface area contributed by atoms with Gasteiger partial charge in [0, 0.05) is 5.88 Å². The van der Waals surface area contributed by atoms with E-state index in [-0.39, 0.29) is 6.61 Å². The van der Waals surface area contributed by atoms with Gasteiger partial charge in [0.05, 0.1) is 17.7 Å². The van der Waals surface area contributed by atoms with E-state index >= 15 is 0 Å². The lowest BCUT2D eigenvalue weighted by atomic mass is 10.1. The normalized spacial score (nSPS) is 11.5. The third kappa shape index (κ3) is 5.53. The van der Waals surface area contributed by atoms with Crippen molar-refractivity contribution in [2.24, 2.45) is 0 Å². The minimum Gasteiger partial charge on any atom is -0.462 e. The summed E-state index contributed by atoms with van der Waals surface area (Å²) in [5.41, 5.74) is -2.18. The number of carbonyl (C=O) groups excluding carboxylic acids is 1. The molecule has 0 N–H and O–H groups in total. The number of alkyl halides is 4. The standard InChI is InChI=1S/C14H15ClF4O2/c15-8-3-1-2-4-9-21-13(20)10-6-5-7-11(12(10)16)14(17,18)19/h5-7H,1-4,8-9H2. The maximum atomic E-state index is 13.7. The number of hydrogen-bond donors (Lipinski definition) is 0. The van der Waals surface area contributed by atoms with Crippen molar-refractivity contribution >= 4 is 17.6 Å². The average molecular weight is 327 g/mol. The molecule has 0 unspecified atom stereocenters. The summed E-state index contributed by atoms with van der Waals surface area (Å²) in [5.74, 6) is -2.14. The molecular formula is C14H15ClF4O2. The lowest BCUT2D eigenvalue weighted by Gasteiger charge is -2.11. The number of hydrogen-bond acceptors (Lipinski definition) is 2. The molecule has 118 valence electrons. The molecule has 0 atom stereocenters. The van der Waals surface area contributed by atoms with Gasteiger partial charge in [-0.05, 0) is 25.0 Å². The van der Waals surface area contributed by atoms with E-state index in [9.17, 15) is 22.4 Å². The van der Waals surface area contributed by atoms with Crippen LogP contribution in [0.3, 0.4) is 0 Å². The van der Waals surface area contributed by atoms with E-state index in [0.29, 0.717) is 18.4 Å². The topological polar surface area (TPSA) is 26.3 Å². The molecule has 1 aromatic carbocycles. The first-order chi connectivity index (χ1) is 9.88. The van der Waals surface area contributed by atoms with Crippen LogP contribution >= 0.6 is 11.6 Å². The number of unbranched alkanes of at least 4 members (excludes halogenated alkanes) is 3. The fraction of sp³-hybridized carbons (Fsp3) is 0.500. The molecule has 21 heavy (non-hydrogen) atoms. The third-order valence-electron chi connectivity index (χ3n) is 2.79. The van der Waals surface area contributed by atoms with E-state index in [4.69, 9.17) is 16.3 Å². The summed E-state index contributed by atoms with van der Waals surface area (Å²) in [6.07, 6.45) is -1.78. The number of esters is 1. The molecular weight excluding hydrogens is 312 g/mol. The van der Waals surface area contributed by atoms with Crippen molar-refractivity contribution in [3.63, 3.8) is 0 Å². The second-order valence-electron chi connectivity index (χ2n) is 4.40. The van der Waals surface area contributed by atoms with E-state index in [1.807, 2.05) is 0 Å². The second-order valence-corrected chi connectivity index (χ2v) is 4.78. The molecule has 7 heteroatoms. The summed E-state index contributed by atoms with van der Waals surface area (Å²) < 4.78 is 56.0. The summed E-state index contributed by atoms with van der Waals surface area (Å²) in [7, 11) is 0. The van der Waals surface area contributed by atoms with Crippen molar-refractivity contribution in [2.45, 2.75) is 31.9 Å². The van der Waals surface area contributed by atoms with Crippen LogP contribution in [0.2, 0.25) is 0 Å². The Morgan fingerprint density at radius 2 is 1.81 bits per heavy atom. The third-order valence-corrected chi connectivity index (χ3v) is 3.05. The molecule has 0 aliphatic carbocycles. The largest absolute Gasteiger partial charge is 0.462 e. The van der Waals surface area contributed by atoms with Gasteiger partial charge in [-0.3, -0.25) is 0 Å². The Hall–Kier alpha value is -1.30. The number of rotatable bonds is 7. The summed E-state index contributed by atoms with van der Waals surface area (Å²) in [6.45, 7) is 0.0385. The Bertz CT molecular complexity index is 475. The van der Waals surface area contributed by atoms with Crippen LogP contribution in [0.15, 0.2) is 18.2 Å². The molecule has 0 spiro atoms. The fourth-order valence-corrected chi connectivity index (χ4v) is 1.89. The van der Waals surface area contributed by atoms with E-state index in [2.05, 4.69) is 0 Å². The Morgan fingerprint density at radius 3 is 2.43 bits per heavy atom. The predicted octanol–water partition coefficient (Wildman–Crippen LogP) is 4.80. The van der Waals surface area contributed by atoms with Gasteiger partial charge in [0.1, 0.15) is 5.82 Å². The van der Waals surface area contributed by atoms with Gasteiger partial charge >= 0.3 is 12.1 Å². The average Bonchev–Trinajstić information content (AvgIpc) is 2.41. The number of ether oxygens (including phenoxy) is 1. The van der Waals surface area contributed by atoms with Gasteiger partial charge in [0.2, 0.25) is 0 Å². The summed E-state index contributed by atoms with van der Waals surface area (Å²) in [5, 5.41) is 0. The second kappa shape index (κ2) is 8.22. The smallest absolute Gasteiger partial charge is 0.419 e. The monoisotopic (exact) mass is 326 g/mol. The van der Waals surface area contributed by atoms with Crippen LogP contribution in [-0.4, -0.2) is 18.5 Å². The maximum absolute atomic E-state index is 13.7. The van der Waals surface area contributed by atoms with Gasteiger partial charge in [-0.25, -0.2) is 9.18 Å². The molecule has 0 aliphatic rings. The van der Waals surface area contributed by atoms with Crippen LogP contribution < -0.4 is 0 Å². The maximum Gasteiger partial charge on any atom is 0.419 e. The summed E-state index contributed by atoms with van der Waals surface area (Å²) >= 11 is 5.49. The number of benzene rings is 1.